The Labute approximate surface area is 151 Å². The second-order valence-corrected chi connectivity index (χ2v) is 6.29. The molecule has 0 unspecified atom stereocenters. The third-order valence-corrected chi connectivity index (χ3v) is 4.50. The fourth-order valence-corrected chi connectivity index (χ4v) is 3.10. The van der Waals surface area contributed by atoms with E-state index in [0.717, 1.165) is 25.3 Å². The van der Waals surface area contributed by atoms with Gasteiger partial charge in [-0.2, -0.15) is 5.10 Å². The van der Waals surface area contributed by atoms with Crippen molar-refractivity contribution in [1.82, 2.24) is 29.5 Å². The lowest BCUT2D eigenvalue weighted by Crippen LogP contribution is -2.48. The van der Waals surface area contributed by atoms with Gasteiger partial charge in [-0.3, -0.25) is 14.7 Å². The quantitative estimate of drug-likeness (QED) is 0.717. The molecule has 0 radical (unpaired) electrons. The van der Waals surface area contributed by atoms with Gasteiger partial charge in [-0.05, 0) is 12.1 Å². The Morgan fingerprint density at radius 1 is 1.00 bits per heavy atom. The Morgan fingerprint density at radius 3 is 2.54 bits per heavy atom. The van der Waals surface area contributed by atoms with Crippen LogP contribution in [0.3, 0.4) is 0 Å². The average molecular weight is 348 g/mol. The van der Waals surface area contributed by atoms with Crippen LogP contribution in [0.1, 0.15) is 16.1 Å². The first-order valence-electron chi connectivity index (χ1n) is 8.66. The van der Waals surface area contributed by atoms with Crippen molar-refractivity contribution in [2.45, 2.75) is 6.54 Å². The molecule has 4 rings (SSSR count). The van der Waals surface area contributed by atoms with Crippen molar-refractivity contribution in [3.8, 4) is 5.69 Å². The lowest BCUT2D eigenvalue weighted by atomic mass is 10.2. The van der Waals surface area contributed by atoms with E-state index in [-0.39, 0.29) is 5.91 Å². The number of hydrogen-bond donors (Lipinski definition) is 0. The maximum absolute atomic E-state index is 12.4. The molecule has 1 fully saturated rings. The molecular formula is C19H20N6O. The standard InChI is InChI=1S/C19H20N6O/c26-19(18-13-20-6-7-21-18)24-10-8-23(9-11-24)14-16-12-22-25(15-16)17-4-2-1-3-5-17/h1-7,12-13,15H,8-11,14H2. The maximum Gasteiger partial charge on any atom is 0.274 e. The molecule has 1 amide bonds. The first kappa shape index (κ1) is 16.4. The minimum Gasteiger partial charge on any atom is -0.335 e. The Bertz CT molecular complexity index is 856. The number of piperazine rings is 1. The van der Waals surface area contributed by atoms with Crippen molar-refractivity contribution in [2.24, 2.45) is 0 Å². The highest BCUT2D eigenvalue weighted by Crippen LogP contribution is 2.12. The Balaban J connectivity index is 1.33. The summed E-state index contributed by atoms with van der Waals surface area (Å²) in [6.45, 7) is 3.90. The summed E-state index contributed by atoms with van der Waals surface area (Å²) in [7, 11) is 0. The van der Waals surface area contributed by atoms with E-state index in [0.29, 0.717) is 18.8 Å². The third-order valence-electron chi connectivity index (χ3n) is 4.50. The van der Waals surface area contributed by atoms with Crippen LogP contribution in [-0.2, 0) is 6.54 Å². The van der Waals surface area contributed by atoms with Gasteiger partial charge >= 0.3 is 0 Å². The largest absolute Gasteiger partial charge is 0.335 e. The predicted molar refractivity (Wildman–Crippen MR) is 96.8 cm³/mol. The van der Waals surface area contributed by atoms with Crippen LogP contribution in [0.25, 0.3) is 5.69 Å². The number of nitrogens with zero attached hydrogens (tertiary/aromatic N) is 6. The molecule has 132 valence electrons. The highest BCUT2D eigenvalue weighted by molar-refractivity contribution is 5.92. The third kappa shape index (κ3) is 3.62. The van der Waals surface area contributed by atoms with E-state index in [1.165, 1.54) is 11.8 Å². The van der Waals surface area contributed by atoms with Gasteiger partial charge in [-0.1, -0.05) is 18.2 Å². The highest BCUT2D eigenvalue weighted by atomic mass is 16.2. The summed E-state index contributed by atoms with van der Waals surface area (Å²) in [5, 5.41) is 4.45. The van der Waals surface area contributed by atoms with Crippen LogP contribution in [0.2, 0.25) is 0 Å². The van der Waals surface area contributed by atoms with Gasteiger partial charge in [0, 0.05) is 56.9 Å². The van der Waals surface area contributed by atoms with E-state index in [4.69, 9.17) is 0 Å². The van der Waals surface area contributed by atoms with Gasteiger partial charge in [-0.25, -0.2) is 9.67 Å². The molecular weight excluding hydrogens is 328 g/mol. The van der Waals surface area contributed by atoms with Crippen LogP contribution in [0.4, 0.5) is 0 Å². The van der Waals surface area contributed by atoms with E-state index in [9.17, 15) is 4.79 Å². The van der Waals surface area contributed by atoms with Crippen molar-refractivity contribution in [3.05, 3.63) is 72.6 Å². The predicted octanol–water partition coefficient (Wildman–Crippen LogP) is 1.62. The zero-order valence-electron chi connectivity index (χ0n) is 14.4. The topological polar surface area (TPSA) is 67.2 Å². The van der Waals surface area contributed by atoms with E-state index in [1.807, 2.05) is 46.1 Å². The monoisotopic (exact) mass is 348 g/mol. The van der Waals surface area contributed by atoms with Crippen LogP contribution in [0, 0.1) is 0 Å². The van der Waals surface area contributed by atoms with Gasteiger partial charge < -0.3 is 4.90 Å². The van der Waals surface area contributed by atoms with Crippen molar-refractivity contribution in [2.75, 3.05) is 26.2 Å². The molecule has 0 bridgehead atoms. The number of hydrogen-bond acceptors (Lipinski definition) is 5. The van der Waals surface area contributed by atoms with Crippen LogP contribution < -0.4 is 0 Å². The number of benzene rings is 1. The maximum atomic E-state index is 12.4. The second-order valence-electron chi connectivity index (χ2n) is 6.29. The summed E-state index contributed by atoms with van der Waals surface area (Å²) in [6.07, 6.45) is 8.61. The molecule has 0 spiro atoms. The number of carbonyl (C=O) groups excluding carboxylic acids is 1. The van der Waals surface area contributed by atoms with Gasteiger partial charge in [0.25, 0.3) is 5.91 Å². The molecule has 2 aromatic heterocycles. The van der Waals surface area contributed by atoms with Crippen molar-refractivity contribution >= 4 is 5.91 Å². The minimum atomic E-state index is -0.0466. The Kier molecular flexibility index (Phi) is 4.70. The molecule has 0 atom stereocenters. The first-order valence-corrected chi connectivity index (χ1v) is 8.66. The Morgan fingerprint density at radius 2 is 1.81 bits per heavy atom. The summed E-state index contributed by atoms with van der Waals surface area (Å²) in [6, 6.07) is 10.1. The lowest BCUT2D eigenvalue weighted by molar-refractivity contribution is 0.0622. The molecule has 0 N–H and O–H groups in total. The number of amides is 1. The van der Waals surface area contributed by atoms with Crippen molar-refractivity contribution in [3.63, 3.8) is 0 Å². The summed E-state index contributed by atoms with van der Waals surface area (Å²) in [5.41, 5.74) is 2.63. The molecule has 1 aromatic carbocycles. The molecule has 3 aromatic rings. The zero-order chi connectivity index (χ0) is 17.8. The smallest absolute Gasteiger partial charge is 0.274 e. The van der Waals surface area contributed by atoms with Crippen LogP contribution in [0.5, 0.6) is 0 Å². The normalized spacial score (nSPS) is 15.2. The number of para-hydroxylation sites is 1. The van der Waals surface area contributed by atoms with Crippen molar-refractivity contribution < 1.29 is 4.79 Å². The van der Waals surface area contributed by atoms with E-state index >= 15 is 0 Å². The highest BCUT2D eigenvalue weighted by Gasteiger charge is 2.23. The van der Waals surface area contributed by atoms with Gasteiger partial charge in [0.15, 0.2) is 0 Å². The van der Waals surface area contributed by atoms with Gasteiger partial charge in [0.1, 0.15) is 5.69 Å². The lowest BCUT2D eigenvalue weighted by Gasteiger charge is -2.34. The van der Waals surface area contributed by atoms with E-state index in [1.54, 1.807) is 12.4 Å². The minimum absolute atomic E-state index is 0.0466. The summed E-state index contributed by atoms with van der Waals surface area (Å²) in [4.78, 5) is 24.7. The summed E-state index contributed by atoms with van der Waals surface area (Å²) >= 11 is 0. The molecule has 1 aliphatic rings. The molecule has 0 aliphatic carbocycles. The van der Waals surface area contributed by atoms with Crippen LogP contribution in [-0.4, -0.2) is 61.6 Å². The van der Waals surface area contributed by atoms with Gasteiger partial charge in [0.05, 0.1) is 18.1 Å². The van der Waals surface area contributed by atoms with Crippen molar-refractivity contribution in [1.29, 1.82) is 0 Å². The first-order chi connectivity index (χ1) is 12.8. The van der Waals surface area contributed by atoms with Gasteiger partial charge in [0.2, 0.25) is 0 Å². The molecule has 7 heteroatoms. The summed E-state index contributed by atoms with van der Waals surface area (Å²) in [5.74, 6) is -0.0466. The van der Waals surface area contributed by atoms with Gasteiger partial charge in [-0.15, -0.1) is 0 Å². The van der Waals surface area contributed by atoms with E-state index in [2.05, 4.69) is 26.2 Å². The molecule has 3 heterocycles. The van der Waals surface area contributed by atoms with Crippen LogP contribution in [0.15, 0.2) is 61.3 Å². The molecule has 0 saturated carbocycles. The second kappa shape index (κ2) is 7.45. The number of aromatic nitrogens is 4. The zero-order valence-corrected chi connectivity index (χ0v) is 14.4. The number of rotatable bonds is 4. The molecule has 1 saturated heterocycles. The van der Waals surface area contributed by atoms with Crippen LogP contribution >= 0.6 is 0 Å². The fraction of sp³-hybridized carbons (Fsp3) is 0.263. The number of carbonyl (C=O) groups is 1. The fourth-order valence-electron chi connectivity index (χ4n) is 3.10. The molecule has 26 heavy (non-hydrogen) atoms. The molecule has 7 nitrogen and oxygen atoms in total. The Hall–Kier alpha value is -3.06. The SMILES string of the molecule is O=C(c1cnccn1)N1CCN(Cc2cnn(-c3ccccc3)c2)CC1. The average Bonchev–Trinajstić information content (AvgIpc) is 3.18. The summed E-state index contributed by atoms with van der Waals surface area (Å²) < 4.78 is 1.89. The van der Waals surface area contributed by atoms with E-state index < -0.39 is 0 Å². The molecule has 1 aliphatic heterocycles.